The normalized spacial score (nSPS) is 10.4. The van der Waals surface area contributed by atoms with Crippen LogP contribution < -0.4 is 5.32 Å². The van der Waals surface area contributed by atoms with Crippen LogP contribution in [0.3, 0.4) is 0 Å². The fourth-order valence-electron chi connectivity index (χ4n) is 1.56. The minimum atomic E-state index is -1.04. The minimum absolute atomic E-state index is 0.124. The Labute approximate surface area is 115 Å². The molecule has 0 saturated heterocycles. The number of nitrogens with one attached hydrogen (secondary N) is 1. The number of rotatable bonds is 4. The van der Waals surface area contributed by atoms with E-state index < -0.39 is 5.97 Å². The zero-order chi connectivity index (χ0) is 14.4. The lowest BCUT2D eigenvalue weighted by Crippen LogP contribution is -2.08. The molecule has 0 atom stereocenters. The molecule has 100 valence electrons. The van der Waals surface area contributed by atoms with Gasteiger partial charge in [-0.3, -0.25) is 9.78 Å². The Morgan fingerprint density at radius 2 is 2.05 bits per heavy atom. The van der Waals surface area contributed by atoms with Gasteiger partial charge in [-0.25, -0.2) is 4.79 Å². The van der Waals surface area contributed by atoms with Gasteiger partial charge < -0.3 is 10.4 Å². The van der Waals surface area contributed by atoms with Gasteiger partial charge in [0.1, 0.15) is 0 Å². The van der Waals surface area contributed by atoms with Gasteiger partial charge in [-0.05, 0) is 35.9 Å². The molecule has 0 bridgehead atoms. The van der Waals surface area contributed by atoms with E-state index >= 15 is 0 Å². The van der Waals surface area contributed by atoms with E-state index in [1.165, 1.54) is 18.2 Å². The molecule has 1 amide bonds. The monoisotopic (exact) mass is 268 g/mol. The Bertz CT molecular complexity index is 651. The second kappa shape index (κ2) is 6.29. The summed E-state index contributed by atoms with van der Waals surface area (Å²) in [6.07, 6.45) is 6.28. The quantitative estimate of drug-likeness (QED) is 0.835. The van der Waals surface area contributed by atoms with E-state index in [0.29, 0.717) is 5.69 Å². The summed E-state index contributed by atoms with van der Waals surface area (Å²) in [4.78, 5) is 26.4. The number of aromatic nitrogens is 1. The Morgan fingerprint density at radius 1 is 1.20 bits per heavy atom. The number of benzene rings is 1. The fourth-order valence-corrected chi connectivity index (χ4v) is 1.56. The van der Waals surface area contributed by atoms with Crippen LogP contribution >= 0.6 is 0 Å². The third kappa shape index (κ3) is 3.78. The van der Waals surface area contributed by atoms with Crippen molar-refractivity contribution in [2.24, 2.45) is 0 Å². The lowest BCUT2D eigenvalue weighted by molar-refractivity contribution is -0.111. The molecule has 0 aliphatic heterocycles. The van der Waals surface area contributed by atoms with Gasteiger partial charge in [-0.2, -0.15) is 0 Å². The second-order valence-corrected chi connectivity index (χ2v) is 3.99. The van der Waals surface area contributed by atoms with E-state index in [1.54, 1.807) is 36.7 Å². The van der Waals surface area contributed by atoms with Gasteiger partial charge >= 0.3 is 5.97 Å². The van der Waals surface area contributed by atoms with Crippen molar-refractivity contribution in [3.8, 4) is 0 Å². The molecule has 0 aliphatic carbocycles. The second-order valence-electron chi connectivity index (χ2n) is 3.99. The number of carboxylic acid groups (broad SMARTS) is 1. The predicted octanol–water partition coefficient (Wildman–Crippen LogP) is 2.43. The first-order valence-corrected chi connectivity index (χ1v) is 5.87. The summed E-state index contributed by atoms with van der Waals surface area (Å²) >= 11 is 0. The third-order valence-electron chi connectivity index (χ3n) is 2.49. The number of carbonyl (C=O) groups is 2. The topological polar surface area (TPSA) is 79.3 Å². The number of carboxylic acids is 1. The Hall–Kier alpha value is -2.95. The van der Waals surface area contributed by atoms with Gasteiger partial charge in [0, 0.05) is 24.2 Å². The lowest BCUT2D eigenvalue weighted by Gasteiger charge is -2.03. The maximum Gasteiger partial charge on any atom is 0.335 e. The highest BCUT2D eigenvalue weighted by Crippen LogP contribution is 2.11. The van der Waals surface area contributed by atoms with E-state index in [1.807, 2.05) is 6.07 Å². The van der Waals surface area contributed by atoms with Crippen LogP contribution in [0.25, 0.3) is 6.08 Å². The molecule has 0 saturated carbocycles. The van der Waals surface area contributed by atoms with Crippen LogP contribution in [0.4, 0.5) is 5.69 Å². The smallest absolute Gasteiger partial charge is 0.335 e. The van der Waals surface area contributed by atoms with E-state index in [0.717, 1.165) is 5.56 Å². The molecular formula is C15H12N2O3. The predicted molar refractivity (Wildman–Crippen MR) is 75.3 cm³/mol. The Morgan fingerprint density at radius 3 is 2.75 bits per heavy atom. The van der Waals surface area contributed by atoms with Crippen LogP contribution in [0, 0.1) is 0 Å². The molecule has 5 heteroatoms. The molecule has 1 aromatic heterocycles. The summed E-state index contributed by atoms with van der Waals surface area (Å²) in [6, 6.07) is 9.66. The highest BCUT2D eigenvalue weighted by Gasteiger charge is 2.04. The maximum atomic E-state index is 11.7. The van der Waals surface area contributed by atoms with Crippen LogP contribution in [0.2, 0.25) is 0 Å². The summed E-state index contributed by atoms with van der Waals surface area (Å²) in [5.74, 6) is -1.37. The molecule has 0 spiro atoms. The molecule has 0 unspecified atom stereocenters. The summed E-state index contributed by atoms with van der Waals surface area (Å²) in [5.41, 5.74) is 1.37. The first-order valence-electron chi connectivity index (χ1n) is 5.87. The molecule has 1 aromatic carbocycles. The van der Waals surface area contributed by atoms with Crippen LogP contribution in [-0.4, -0.2) is 22.0 Å². The summed E-state index contributed by atoms with van der Waals surface area (Å²) in [6.45, 7) is 0. The van der Waals surface area contributed by atoms with Crippen molar-refractivity contribution in [2.45, 2.75) is 0 Å². The molecular weight excluding hydrogens is 256 g/mol. The van der Waals surface area contributed by atoms with E-state index in [9.17, 15) is 9.59 Å². The zero-order valence-corrected chi connectivity index (χ0v) is 10.5. The van der Waals surface area contributed by atoms with E-state index in [2.05, 4.69) is 10.3 Å². The first-order chi connectivity index (χ1) is 9.65. The molecule has 20 heavy (non-hydrogen) atoms. The molecule has 1 heterocycles. The van der Waals surface area contributed by atoms with Crippen LogP contribution in [-0.2, 0) is 4.79 Å². The Kier molecular flexibility index (Phi) is 4.24. The lowest BCUT2D eigenvalue weighted by atomic mass is 10.2. The van der Waals surface area contributed by atoms with Crippen LogP contribution in [0.1, 0.15) is 15.9 Å². The number of carbonyl (C=O) groups excluding carboxylic acids is 1. The Balaban J connectivity index is 2.03. The van der Waals surface area contributed by atoms with Crippen molar-refractivity contribution in [1.29, 1.82) is 0 Å². The van der Waals surface area contributed by atoms with E-state index in [-0.39, 0.29) is 11.5 Å². The molecule has 0 aliphatic rings. The average Bonchev–Trinajstić information content (AvgIpc) is 2.46. The number of hydrogen-bond acceptors (Lipinski definition) is 3. The average molecular weight is 268 g/mol. The van der Waals surface area contributed by atoms with Crippen molar-refractivity contribution in [3.05, 3.63) is 66.0 Å². The molecule has 0 fully saturated rings. The van der Waals surface area contributed by atoms with Crippen molar-refractivity contribution in [3.63, 3.8) is 0 Å². The van der Waals surface area contributed by atoms with E-state index in [4.69, 9.17) is 5.11 Å². The number of anilines is 1. The standard InChI is InChI=1S/C15H12N2O3/c18-14(7-6-11-3-2-8-16-10-11)17-13-5-1-4-12(9-13)15(19)20/h1-10H,(H,17,18)(H,19,20)/b7-6+. The van der Waals surface area contributed by atoms with Crippen molar-refractivity contribution >= 4 is 23.6 Å². The number of nitrogens with zero attached hydrogens (tertiary/aromatic N) is 1. The number of amides is 1. The SMILES string of the molecule is O=C(/C=C/c1cccnc1)Nc1cccc(C(=O)O)c1. The fraction of sp³-hybridized carbons (Fsp3) is 0. The summed E-state index contributed by atoms with van der Waals surface area (Å²) in [5, 5.41) is 11.5. The minimum Gasteiger partial charge on any atom is -0.478 e. The van der Waals surface area contributed by atoms with Gasteiger partial charge in [0.05, 0.1) is 5.56 Å². The molecule has 2 rings (SSSR count). The number of pyridine rings is 1. The van der Waals surface area contributed by atoms with Crippen LogP contribution in [0.15, 0.2) is 54.9 Å². The number of aromatic carboxylic acids is 1. The van der Waals surface area contributed by atoms with Gasteiger partial charge in [0.2, 0.25) is 5.91 Å². The molecule has 2 aromatic rings. The van der Waals surface area contributed by atoms with Crippen molar-refractivity contribution < 1.29 is 14.7 Å². The number of hydrogen-bond donors (Lipinski definition) is 2. The van der Waals surface area contributed by atoms with Crippen molar-refractivity contribution in [1.82, 2.24) is 4.98 Å². The highest BCUT2D eigenvalue weighted by molar-refractivity contribution is 6.02. The molecule has 2 N–H and O–H groups in total. The largest absolute Gasteiger partial charge is 0.478 e. The van der Waals surface area contributed by atoms with Gasteiger partial charge in [0.15, 0.2) is 0 Å². The summed E-state index contributed by atoms with van der Waals surface area (Å²) < 4.78 is 0. The zero-order valence-electron chi connectivity index (χ0n) is 10.5. The first kappa shape index (κ1) is 13.5. The third-order valence-corrected chi connectivity index (χ3v) is 2.49. The highest BCUT2D eigenvalue weighted by atomic mass is 16.4. The molecule has 0 radical (unpaired) electrons. The van der Waals surface area contributed by atoms with Gasteiger partial charge in [-0.15, -0.1) is 0 Å². The summed E-state index contributed by atoms with van der Waals surface area (Å²) in [7, 11) is 0. The maximum absolute atomic E-state index is 11.7. The molecule has 5 nitrogen and oxygen atoms in total. The van der Waals surface area contributed by atoms with Gasteiger partial charge in [-0.1, -0.05) is 12.1 Å². The van der Waals surface area contributed by atoms with Crippen molar-refractivity contribution in [2.75, 3.05) is 5.32 Å². The van der Waals surface area contributed by atoms with Gasteiger partial charge in [0.25, 0.3) is 0 Å². The van der Waals surface area contributed by atoms with Crippen LogP contribution in [0.5, 0.6) is 0 Å².